The summed E-state index contributed by atoms with van der Waals surface area (Å²) in [5, 5.41) is 0. The average molecular weight is 405 g/mol. The molecule has 0 radical (unpaired) electrons. The highest BCUT2D eigenvalue weighted by Crippen LogP contribution is 2.33. The highest BCUT2D eigenvalue weighted by atomic mass is 19.3. The van der Waals surface area contributed by atoms with E-state index in [1.54, 1.807) is 23.1 Å². The number of nitrogens with zero attached hydrogens (tertiary/aromatic N) is 1. The van der Waals surface area contributed by atoms with E-state index < -0.39 is 6.61 Å². The van der Waals surface area contributed by atoms with Crippen LogP contribution in [0.3, 0.4) is 0 Å². The van der Waals surface area contributed by atoms with E-state index in [4.69, 9.17) is 4.74 Å². The molecular weight excluding hydrogens is 383 g/mol. The molecule has 0 N–H and O–H groups in total. The van der Waals surface area contributed by atoms with Gasteiger partial charge in [0.2, 0.25) is 5.91 Å². The Bertz CT molecular complexity index is 885. The molecule has 0 saturated carbocycles. The summed E-state index contributed by atoms with van der Waals surface area (Å²) in [6.45, 7) is -2.41. The van der Waals surface area contributed by atoms with Crippen molar-refractivity contribution >= 4 is 12.0 Å². The molecule has 3 rings (SSSR count). The molecule has 2 aromatic carbocycles. The van der Waals surface area contributed by atoms with Crippen molar-refractivity contribution in [3.63, 3.8) is 0 Å². The number of para-hydroxylation sites is 1. The number of amides is 1. The van der Waals surface area contributed by atoms with E-state index in [9.17, 15) is 18.0 Å². The van der Waals surface area contributed by atoms with Crippen molar-refractivity contribution in [2.75, 3.05) is 13.7 Å². The quantitative estimate of drug-likeness (QED) is 0.628. The zero-order valence-corrected chi connectivity index (χ0v) is 16.0. The van der Waals surface area contributed by atoms with Crippen LogP contribution in [0.25, 0.3) is 6.08 Å². The van der Waals surface area contributed by atoms with Crippen LogP contribution in [0.4, 0.5) is 13.2 Å². The summed E-state index contributed by atoms with van der Waals surface area (Å²) in [6, 6.07) is 11.0. The highest BCUT2D eigenvalue weighted by Gasteiger charge is 2.27. The fraction of sp³-hybridized carbons (Fsp3) is 0.318. The van der Waals surface area contributed by atoms with Crippen LogP contribution >= 0.6 is 0 Å². The van der Waals surface area contributed by atoms with Gasteiger partial charge in [-0.3, -0.25) is 4.79 Å². The first kappa shape index (κ1) is 20.8. The van der Waals surface area contributed by atoms with Gasteiger partial charge in [0.05, 0.1) is 7.11 Å². The van der Waals surface area contributed by atoms with E-state index in [2.05, 4.69) is 4.74 Å². The summed E-state index contributed by atoms with van der Waals surface area (Å²) >= 11 is 0. The molecule has 29 heavy (non-hydrogen) atoms. The summed E-state index contributed by atoms with van der Waals surface area (Å²) in [4.78, 5) is 14.5. The van der Waals surface area contributed by atoms with Crippen LogP contribution in [0, 0.1) is 5.82 Å². The van der Waals surface area contributed by atoms with Crippen LogP contribution in [-0.4, -0.2) is 37.1 Å². The highest BCUT2D eigenvalue weighted by molar-refractivity contribution is 5.92. The van der Waals surface area contributed by atoms with E-state index in [0.29, 0.717) is 18.5 Å². The predicted molar refractivity (Wildman–Crippen MR) is 103 cm³/mol. The van der Waals surface area contributed by atoms with Crippen LogP contribution < -0.4 is 9.47 Å². The van der Waals surface area contributed by atoms with Crippen LogP contribution in [-0.2, 0) is 11.2 Å². The molecule has 1 aliphatic rings. The Hall–Kier alpha value is -2.96. The van der Waals surface area contributed by atoms with Crippen molar-refractivity contribution in [3.8, 4) is 11.5 Å². The van der Waals surface area contributed by atoms with E-state index in [-0.39, 0.29) is 29.3 Å². The number of hydrogen-bond acceptors (Lipinski definition) is 3. The van der Waals surface area contributed by atoms with Gasteiger partial charge in [-0.25, -0.2) is 4.39 Å². The van der Waals surface area contributed by atoms with Gasteiger partial charge < -0.3 is 14.4 Å². The predicted octanol–water partition coefficient (Wildman–Crippen LogP) is 4.68. The summed E-state index contributed by atoms with van der Waals surface area (Å²) in [6.07, 6.45) is 5.04. The van der Waals surface area contributed by atoms with Gasteiger partial charge in [0.15, 0.2) is 11.5 Å². The van der Waals surface area contributed by atoms with E-state index in [1.165, 1.54) is 37.5 Å². The van der Waals surface area contributed by atoms with Crippen molar-refractivity contribution in [2.24, 2.45) is 0 Å². The lowest BCUT2D eigenvalue weighted by Gasteiger charge is -2.23. The van der Waals surface area contributed by atoms with Crippen LogP contribution in [0.15, 0.2) is 48.5 Å². The molecule has 1 aliphatic heterocycles. The zero-order valence-electron chi connectivity index (χ0n) is 16.0. The van der Waals surface area contributed by atoms with Crippen molar-refractivity contribution in [3.05, 3.63) is 65.5 Å². The number of ether oxygens (including phenoxy) is 2. The summed E-state index contributed by atoms with van der Waals surface area (Å²) < 4.78 is 48.6. The number of benzene rings is 2. The number of hydrogen-bond donors (Lipinski definition) is 0. The minimum Gasteiger partial charge on any atom is -0.493 e. The lowest BCUT2D eigenvalue weighted by Crippen LogP contribution is -2.35. The van der Waals surface area contributed by atoms with E-state index in [0.717, 1.165) is 18.4 Å². The molecule has 1 atom stereocenters. The molecule has 154 valence electrons. The smallest absolute Gasteiger partial charge is 0.387 e. The number of carbonyl (C=O) groups excluding carboxylic acids is 1. The Morgan fingerprint density at radius 1 is 1.28 bits per heavy atom. The number of methoxy groups -OCH3 is 1. The Labute approximate surface area is 167 Å². The average Bonchev–Trinajstić information content (AvgIpc) is 3.14. The molecule has 0 bridgehead atoms. The number of rotatable bonds is 7. The Morgan fingerprint density at radius 2 is 2.07 bits per heavy atom. The fourth-order valence-corrected chi connectivity index (χ4v) is 3.57. The van der Waals surface area contributed by atoms with Gasteiger partial charge in [0.25, 0.3) is 0 Å². The molecule has 0 aliphatic carbocycles. The van der Waals surface area contributed by atoms with Crippen molar-refractivity contribution in [1.82, 2.24) is 4.90 Å². The number of carbonyl (C=O) groups is 1. The van der Waals surface area contributed by atoms with E-state index in [1.807, 2.05) is 6.07 Å². The number of likely N-dealkylation sites (tertiary alicyclic amines) is 1. The maximum Gasteiger partial charge on any atom is 0.387 e. The molecule has 7 heteroatoms. The molecule has 1 saturated heterocycles. The topological polar surface area (TPSA) is 38.8 Å². The second kappa shape index (κ2) is 9.49. The maximum atomic E-state index is 13.4. The van der Waals surface area contributed by atoms with Gasteiger partial charge in [-0.1, -0.05) is 24.3 Å². The van der Waals surface area contributed by atoms with Gasteiger partial charge in [-0.05, 0) is 49.1 Å². The maximum absolute atomic E-state index is 13.4. The normalized spacial score (nSPS) is 16.6. The van der Waals surface area contributed by atoms with E-state index >= 15 is 0 Å². The van der Waals surface area contributed by atoms with Crippen LogP contribution in [0.5, 0.6) is 11.5 Å². The summed E-state index contributed by atoms with van der Waals surface area (Å²) in [7, 11) is 1.35. The van der Waals surface area contributed by atoms with Crippen LogP contribution in [0.2, 0.25) is 0 Å². The Balaban J connectivity index is 1.74. The molecule has 0 spiro atoms. The monoisotopic (exact) mass is 405 g/mol. The first-order valence-electron chi connectivity index (χ1n) is 9.33. The van der Waals surface area contributed by atoms with Crippen molar-refractivity contribution < 1.29 is 27.4 Å². The summed E-state index contributed by atoms with van der Waals surface area (Å²) in [5.74, 6) is -0.491. The SMILES string of the molecule is COc1cccc(/C=C/C(=O)N2CCCC2Cc2cccc(F)c2)c1OC(F)F. The third-order valence-corrected chi connectivity index (χ3v) is 4.86. The molecular formula is C22H22F3NO3. The zero-order chi connectivity index (χ0) is 20.8. The van der Waals surface area contributed by atoms with Gasteiger partial charge in [0, 0.05) is 24.2 Å². The summed E-state index contributed by atoms with van der Waals surface area (Å²) in [5.41, 5.74) is 1.15. The standard InChI is InChI=1S/C22H22F3NO3/c1-28-19-9-3-6-16(21(19)29-22(24)25)10-11-20(27)26-12-4-8-18(26)14-15-5-2-7-17(23)13-15/h2-3,5-7,9-11,13,18,22H,4,8,12,14H2,1H3/b11-10+. The first-order valence-corrected chi connectivity index (χ1v) is 9.33. The molecule has 2 aromatic rings. The van der Waals surface area contributed by atoms with Gasteiger partial charge in [-0.2, -0.15) is 8.78 Å². The third-order valence-electron chi connectivity index (χ3n) is 4.86. The van der Waals surface area contributed by atoms with Gasteiger partial charge in [0.1, 0.15) is 5.82 Å². The second-order valence-electron chi connectivity index (χ2n) is 6.75. The van der Waals surface area contributed by atoms with Gasteiger partial charge in [-0.15, -0.1) is 0 Å². The second-order valence-corrected chi connectivity index (χ2v) is 6.75. The minimum absolute atomic E-state index is 0.0314. The van der Waals surface area contributed by atoms with Crippen LogP contribution in [0.1, 0.15) is 24.0 Å². The molecule has 1 heterocycles. The number of halogens is 3. The first-order chi connectivity index (χ1) is 14.0. The molecule has 1 fully saturated rings. The minimum atomic E-state index is -3.01. The lowest BCUT2D eigenvalue weighted by molar-refractivity contribution is -0.126. The largest absolute Gasteiger partial charge is 0.493 e. The molecule has 4 nitrogen and oxygen atoms in total. The molecule has 0 aromatic heterocycles. The van der Waals surface area contributed by atoms with Crippen molar-refractivity contribution in [1.29, 1.82) is 0 Å². The van der Waals surface area contributed by atoms with Gasteiger partial charge >= 0.3 is 6.61 Å². The van der Waals surface area contributed by atoms with Crippen molar-refractivity contribution in [2.45, 2.75) is 31.9 Å². The fourth-order valence-electron chi connectivity index (χ4n) is 3.57. The third kappa shape index (κ3) is 5.31. The Kier molecular flexibility index (Phi) is 6.80. The molecule has 1 unspecified atom stereocenters. The Morgan fingerprint density at radius 3 is 2.79 bits per heavy atom. The number of alkyl halides is 2. The lowest BCUT2D eigenvalue weighted by atomic mass is 10.0. The molecule has 1 amide bonds.